The van der Waals surface area contributed by atoms with Gasteiger partial charge in [-0.15, -0.1) is 0 Å². The highest BCUT2D eigenvalue weighted by molar-refractivity contribution is 4.66. The van der Waals surface area contributed by atoms with Crippen molar-refractivity contribution in [3.05, 3.63) is 0 Å². The second-order valence-corrected chi connectivity index (χ2v) is 3.56. The van der Waals surface area contributed by atoms with Gasteiger partial charge in [0.2, 0.25) is 5.92 Å². The van der Waals surface area contributed by atoms with E-state index < -0.39 is 5.92 Å². The topological polar surface area (TPSA) is 26.0 Å². The van der Waals surface area contributed by atoms with E-state index in [1.54, 1.807) is 0 Å². The maximum Gasteiger partial charge on any atom is 0.248 e. The van der Waals surface area contributed by atoms with Crippen LogP contribution in [0.2, 0.25) is 0 Å². The molecule has 0 aromatic carbocycles. The van der Waals surface area contributed by atoms with E-state index in [4.69, 9.17) is 5.73 Å². The molecular weight excluding hydrogens is 172 g/mol. The van der Waals surface area contributed by atoms with E-state index in [1.807, 2.05) is 0 Å². The highest BCUT2D eigenvalue weighted by Crippen LogP contribution is 2.26. The summed E-state index contributed by atoms with van der Waals surface area (Å²) in [5.41, 5.74) is 5.18. The Bertz CT molecular complexity index is 115. The van der Waals surface area contributed by atoms with Gasteiger partial charge in [-0.2, -0.15) is 0 Å². The second kappa shape index (κ2) is 7.25. The van der Waals surface area contributed by atoms with Crippen molar-refractivity contribution in [1.82, 2.24) is 0 Å². The van der Waals surface area contributed by atoms with E-state index in [-0.39, 0.29) is 12.8 Å². The molecule has 0 unspecified atom stereocenters. The summed E-state index contributed by atoms with van der Waals surface area (Å²) in [6.45, 7) is 2.44. The van der Waals surface area contributed by atoms with Crippen molar-refractivity contribution in [3.63, 3.8) is 0 Å². The van der Waals surface area contributed by atoms with Crippen LogP contribution in [0.4, 0.5) is 8.78 Å². The van der Waals surface area contributed by atoms with Crippen molar-refractivity contribution in [2.24, 2.45) is 5.73 Å². The molecular formula is C10H21F2N. The molecule has 0 aliphatic heterocycles. The van der Waals surface area contributed by atoms with Gasteiger partial charge in [0.25, 0.3) is 0 Å². The molecule has 2 N–H and O–H groups in total. The van der Waals surface area contributed by atoms with Crippen molar-refractivity contribution >= 4 is 0 Å². The highest BCUT2D eigenvalue weighted by atomic mass is 19.3. The van der Waals surface area contributed by atoms with Gasteiger partial charge in [-0.05, 0) is 19.4 Å². The molecule has 13 heavy (non-hydrogen) atoms. The van der Waals surface area contributed by atoms with E-state index in [0.717, 1.165) is 19.3 Å². The number of rotatable bonds is 8. The van der Waals surface area contributed by atoms with Gasteiger partial charge >= 0.3 is 0 Å². The maximum atomic E-state index is 13.0. The molecule has 0 saturated heterocycles. The molecule has 80 valence electrons. The molecule has 0 radical (unpaired) electrons. The molecule has 0 aromatic rings. The van der Waals surface area contributed by atoms with Gasteiger partial charge in [0.05, 0.1) is 0 Å². The lowest BCUT2D eigenvalue weighted by Crippen LogP contribution is -2.17. The lowest BCUT2D eigenvalue weighted by molar-refractivity contribution is -0.0195. The number of alkyl halides is 2. The Morgan fingerprint density at radius 1 is 1.00 bits per heavy atom. The van der Waals surface area contributed by atoms with Crippen LogP contribution in [0.5, 0.6) is 0 Å². The fourth-order valence-electron chi connectivity index (χ4n) is 1.30. The number of nitrogens with two attached hydrogens (primary N) is 1. The van der Waals surface area contributed by atoms with Crippen molar-refractivity contribution in [2.75, 3.05) is 6.54 Å². The van der Waals surface area contributed by atoms with Crippen LogP contribution in [0.1, 0.15) is 51.9 Å². The number of hydrogen-bond acceptors (Lipinski definition) is 1. The van der Waals surface area contributed by atoms with Gasteiger partial charge in [-0.25, -0.2) is 8.78 Å². The van der Waals surface area contributed by atoms with Gasteiger partial charge in [0.15, 0.2) is 0 Å². The van der Waals surface area contributed by atoms with Crippen molar-refractivity contribution in [2.45, 2.75) is 57.8 Å². The molecule has 0 aliphatic carbocycles. The Kier molecular flexibility index (Phi) is 7.14. The first-order valence-electron chi connectivity index (χ1n) is 5.20. The normalized spacial score (nSPS) is 12.0. The molecule has 0 aromatic heterocycles. The largest absolute Gasteiger partial charge is 0.330 e. The average molecular weight is 193 g/mol. The van der Waals surface area contributed by atoms with Gasteiger partial charge in [-0.3, -0.25) is 0 Å². The Morgan fingerprint density at radius 2 is 1.62 bits per heavy atom. The molecule has 0 saturated carbocycles. The average Bonchev–Trinajstić information content (AvgIpc) is 2.09. The number of hydrogen-bond donors (Lipinski definition) is 1. The van der Waals surface area contributed by atoms with Crippen LogP contribution in [-0.4, -0.2) is 12.5 Å². The Morgan fingerprint density at radius 3 is 2.15 bits per heavy atom. The first-order valence-corrected chi connectivity index (χ1v) is 5.20. The van der Waals surface area contributed by atoms with Gasteiger partial charge < -0.3 is 5.73 Å². The van der Waals surface area contributed by atoms with Crippen LogP contribution < -0.4 is 5.73 Å². The van der Waals surface area contributed by atoms with Crippen LogP contribution in [-0.2, 0) is 0 Å². The molecule has 1 nitrogen and oxygen atoms in total. The minimum atomic E-state index is -2.48. The molecule has 0 spiro atoms. The molecule has 0 fully saturated rings. The quantitative estimate of drug-likeness (QED) is 0.588. The molecule has 0 heterocycles. The molecule has 0 rings (SSSR count). The third-order valence-corrected chi connectivity index (χ3v) is 2.14. The third-order valence-electron chi connectivity index (χ3n) is 2.14. The minimum Gasteiger partial charge on any atom is -0.330 e. The summed E-state index contributed by atoms with van der Waals surface area (Å²) in [6.07, 6.45) is 4.14. The fourth-order valence-corrected chi connectivity index (χ4v) is 1.30. The van der Waals surface area contributed by atoms with Crippen LogP contribution in [0.15, 0.2) is 0 Å². The summed E-state index contributed by atoms with van der Waals surface area (Å²) in [5, 5.41) is 0. The zero-order valence-corrected chi connectivity index (χ0v) is 8.49. The Labute approximate surface area is 79.7 Å². The molecule has 0 amide bonds. The summed E-state index contributed by atoms with van der Waals surface area (Å²) in [7, 11) is 0. The summed E-state index contributed by atoms with van der Waals surface area (Å²) >= 11 is 0. The van der Waals surface area contributed by atoms with Gasteiger partial charge in [-0.1, -0.05) is 26.2 Å². The van der Waals surface area contributed by atoms with Crippen molar-refractivity contribution < 1.29 is 8.78 Å². The molecule has 0 bridgehead atoms. The van der Waals surface area contributed by atoms with Crippen LogP contribution in [0.3, 0.4) is 0 Å². The summed E-state index contributed by atoms with van der Waals surface area (Å²) in [4.78, 5) is 0. The zero-order chi connectivity index (χ0) is 10.2. The monoisotopic (exact) mass is 193 g/mol. The van der Waals surface area contributed by atoms with E-state index in [9.17, 15) is 8.78 Å². The fraction of sp³-hybridized carbons (Fsp3) is 1.00. The van der Waals surface area contributed by atoms with Crippen LogP contribution in [0.25, 0.3) is 0 Å². The number of halogens is 2. The maximum absolute atomic E-state index is 13.0. The molecule has 3 heteroatoms. The Hall–Kier alpha value is -0.180. The molecule has 0 atom stereocenters. The summed E-state index contributed by atoms with van der Waals surface area (Å²) in [6, 6.07) is 0. The Balaban J connectivity index is 3.39. The van der Waals surface area contributed by atoms with Gasteiger partial charge in [0.1, 0.15) is 0 Å². The smallest absolute Gasteiger partial charge is 0.248 e. The predicted molar refractivity (Wildman–Crippen MR) is 52.0 cm³/mol. The lowest BCUT2D eigenvalue weighted by Gasteiger charge is -2.15. The standard InChI is InChI=1S/C10H21F2N/c1-2-3-4-5-7-10(11,12)8-6-9-13/h2-9,13H2,1H3. The SMILES string of the molecule is CCCCCCC(F)(F)CCCN. The lowest BCUT2D eigenvalue weighted by atomic mass is 10.0. The van der Waals surface area contributed by atoms with Gasteiger partial charge in [0, 0.05) is 12.8 Å². The van der Waals surface area contributed by atoms with E-state index in [1.165, 1.54) is 0 Å². The predicted octanol–water partition coefficient (Wildman–Crippen LogP) is 3.33. The minimum absolute atomic E-state index is 0.0347. The summed E-state index contributed by atoms with van der Waals surface area (Å²) < 4.78 is 26.0. The van der Waals surface area contributed by atoms with Crippen LogP contribution in [0, 0.1) is 0 Å². The third kappa shape index (κ3) is 8.16. The van der Waals surface area contributed by atoms with Crippen molar-refractivity contribution in [3.8, 4) is 0 Å². The van der Waals surface area contributed by atoms with E-state index in [2.05, 4.69) is 6.92 Å². The highest BCUT2D eigenvalue weighted by Gasteiger charge is 2.26. The number of unbranched alkanes of at least 4 members (excludes halogenated alkanes) is 3. The second-order valence-electron chi connectivity index (χ2n) is 3.56. The van der Waals surface area contributed by atoms with Crippen LogP contribution >= 0.6 is 0 Å². The zero-order valence-electron chi connectivity index (χ0n) is 8.49. The van der Waals surface area contributed by atoms with Crippen molar-refractivity contribution in [1.29, 1.82) is 0 Å². The summed E-state index contributed by atoms with van der Waals surface area (Å²) in [5.74, 6) is -2.48. The first kappa shape index (κ1) is 12.8. The van der Waals surface area contributed by atoms with E-state index >= 15 is 0 Å². The van der Waals surface area contributed by atoms with E-state index in [0.29, 0.717) is 19.4 Å². The first-order chi connectivity index (χ1) is 6.12. The molecule has 0 aliphatic rings.